The van der Waals surface area contributed by atoms with Crippen LogP contribution in [0.3, 0.4) is 0 Å². The lowest BCUT2D eigenvalue weighted by Gasteiger charge is -2.06. The van der Waals surface area contributed by atoms with Crippen molar-refractivity contribution in [2.24, 2.45) is 0 Å². The molecule has 9 heteroatoms. The van der Waals surface area contributed by atoms with Crippen molar-refractivity contribution < 1.29 is 9.90 Å². The van der Waals surface area contributed by atoms with Crippen molar-refractivity contribution >= 4 is 34.0 Å². The molecule has 32 heavy (non-hydrogen) atoms. The maximum Gasteiger partial charge on any atom is 0.356 e. The zero-order valence-electron chi connectivity index (χ0n) is 17.0. The number of H-pyrrole nitrogens is 1. The second-order valence-electron chi connectivity index (χ2n) is 7.86. The summed E-state index contributed by atoms with van der Waals surface area (Å²) in [5.41, 5.74) is 4.15. The third-order valence-corrected chi connectivity index (χ3v) is 5.56. The maximum atomic E-state index is 11.9. The predicted octanol–water partition coefficient (Wildman–Crippen LogP) is 3.88. The van der Waals surface area contributed by atoms with E-state index in [1.54, 1.807) is 4.68 Å². The first kappa shape index (κ1) is 18.5. The van der Waals surface area contributed by atoms with Crippen molar-refractivity contribution in [3.63, 3.8) is 0 Å². The number of hydrogen-bond donors (Lipinski definition) is 3. The molecule has 6 rings (SSSR count). The molecule has 0 amide bonds. The molecule has 0 atom stereocenters. The SMILES string of the molecule is O=C(O)c1nc2c(NCc3nc4ccccc4[nH]3)nn(-c3ccccc3)c2nc1C1CC1. The van der Waals surface area contributed by atoms with Gasteiger partial charge in [0.05, 0.1) is 29.0 Å². The highest BCUT2D eigenvalue weighted by Crippen LogP contribution is 2.41. The van der Waals surface area contributed by atoms with Gasteiger partial charge >= 0.3 is 5.97 Å². The molecular formula is C23H19N7O2. The van der Waals surface area contributed by atoms with Crippen LogP contribution in [-0.4, -0.2) is 40.8 Å². The highest BCUT2D eigenvalue weighted by atomic mass is 16.4. The van der Waals surface area contributed by atoms with Gasteiger partial charge in [-0.2, -0.15) is 0 Å². The molecule has 3 heterocycles. The number of aromatic amines is 1. The lowest BCUT2D eigenvalue weighted by molar-refractivity contribution is 0.0689. The van der Waals surface area contributed by atoms with Crippen LogP contribution in [0.2, 0.25) is 0 Å². The number of nitrogens with zero attached hydrogens (tertiary/aromatic N) is 5. The van der Waals surface area contributed by atoms with Crippen LogP contribution < -0.4 is 5.32 Å². The normalized spacial score (nSPS) is 13.6. The Labute approximate surface area is 182 Å². The molecule has 1 fully saturated rings. The Morgan fingerprint density at radius 2 is 1.84 bits per heavy atom. The van der Waals surface area contributed by atoms with E-state index in [-0.39, 0.29) is 11.6 Å². The van der Waals surface area contributed by atoms with Crippen LogP contribution in [0.4, 0.5) is 5.82 Å². The van der Waals surface area contributed by atoms with E-state index < -0.39 is 5.97 Å². The minimum atomic E-state index is -1.07. The molecular weight excluding hydrogens is 406 g/mol. The standard InChI is InChI=1S/C23H19N7O2/c31-23(32)19-18(13-10-11-13)28-22-20(27-19)21(29-30(22)14-6-2-1-3-7-14)24-12-17-25-15-8-4-5-9-16(15)26-17/h1-9,13H,10-12H2,(H,24,29)(H,25,26)(H,31,32). The molecule has 5 aromatic rings. The van der Waals surface area contributed by atoms with Gasteiger partial charge in [0.1, 0.15) is 5.82 Å². The summed E-state index contributed by atoms with van der Waals surface area (Å²) in [5.74, 6) is 0.275. The summed E-state index contributed by atoms with van der Waals surface area (Å²) < 4.78 is 1.71. The van der Waals surface area contributed by atoms with Gasteiger partial charge in [-0.15, -0.1) is 5.10 Å². The number of anilines is 1. The number of hydrogen-bond acceptors (Lipinski definition) is 6. The van der Waals surface area contributed by atoms with E-state index in [9.17, 15) is 9.90 Å². The number of carbonyl (C=O) groups is 1. The van der Waals surface area contributed by atoms with E-state index in [1.165, 1.54) is 0 Å². The molecule has 2 aromatic carbocycles. The number of aromatic nitrogens is 6. The van der Waals surface area contributed by atoms with E-state index in [0.29, 0.717) is 29.2 Å². The molecule has 9 nitrogen and oxygen atoms in total. The van der Waals surface area contributed by atoms with Gasteiger partial charge in [-0.05, 0) is 37.1 Å². The smallest absolute Gasteiger partial charge is 0.356 e. The first-order chi connectivity index (χ1) is 15.7. The third-order valence-electron chi connectivity index (χ3n) is 5.56. The van der Waals surface area contributed by atoms with Crippen molar-refractivity contribution in [1.29, 1.82) is 0 Å². The number of imidazole rings is 1. The fraction of sp³-hybridized carbons (Fsp3) is 0.174. The molecule has 3 N–H and O–H groups in total. The summed E-state index contributed by atoms with van der Waals surface area (Å²) in [6.07, 6.45) is 1.86. The second-order valence-corrected chi connectivity index (χ2v) is 7.86. The van der Waals surface area contributed by atoms with E-state index in [4.69, 9.17) is 10.1 Å². The lowest BCUT2D eigenvalue weighted by Crippen LogP contribution is -2.09. The molecule has 158 valence electrons. The van der Waals surface area contributed by atoms with E-state index in [2.05, 4.69) is 20.3 Å². The number of benzene rings is 2. The number of para-hydroxylation sites is 3. The number of carboxylic acid groups (broad SMARTS) is 1. The molecule has 0 spiro atoms. The number of fused-ring (bicyclic) bond motifs is 2. The van der Waals surface area contributed by atoms with Gasteiger partial charge < -0.3 is 15.4 Å². The Bertz CT molecular complexity index is 1440. The minimum Gasteiger partial charge on any atom is -0.476 e. The quantitative estimate of drug-likeness (QED) is 0.377. The van der Waals surface area contributed by atoms with Gasteiger partial charge in [0.2, 0.25) is 0 Å². The monoisotopic (exact) mass is 425 g/mol. The first-order valence-electron chi connectivity index (χ1n) is 10.4. The molecule has 0 aliphatic heterocycles. The van der Waals surface area contributed by atoms with Crippen molar-refractivity contribution in [3.8, 4) is 5.69 Å². The summed E-state index contributed by atoms with van der Waals surface area (Å²) in [6, 6.07) is 17.4. The van der Waals surface area contributed by atoms with Crippen LogP contribution >= 0.6 is 0 Å². The number of nitrogens with one attached hydrogen (secondary N) is 2. The van der Waals surface area contributed by atoms with E-state index in [1.807, 2.05) is 54.6 Å². The molecule has 0 bridgehead atoms. The molecule has 0 radical (unpaired) electrons. The van der Waals surface area contributed by atoms with Gasteiger partial charge in [-0.3, -0.25) is 0 Å². The molecule has 0 unspecified atom stereocenters. The fourth-order valence-corrected chi connectivity index (χ4v) is 3.86. The number of carboxylic acids is 1. The molecule has 0 saturated heterocycles. The molecule has 1 saturated carbocycles. The van der Waals surface area contributed by atoms with Crippen LogP contribution in [0.15, 0.2) is 54.6 Å². The zero-order valence-corrected chi connectivity index (χ0v) is 17.0. The van der Waals surface area contributed by atoms with Crippen molar-refractivity contribution in [1.82, 2.24) is 29.7 Å². The van der Waals surface area contributed by atoms with Gasteiger partial charge in [0, 0.05) is 5.92 Å². The predicted molar refractivity (Wildman–Crippen MR) is 119 cm³/mol. The zero-order chi connectivity index (χ0) is 21.7. The fourth-order valence-electron chi connectivity index (χ4n) is 3.86. The van der Waals surface area contributed by atoms with Gasteiger partial charge in [-0.25, -0.2) is 24.4 Å². The molecule has 1 aliphatic carbocycles. The average Bonchev–Trinajstić information content (AvgIpc) is 3.48. The summed E-state index contributed by atoms with van der Waals surface area (Å²) in [4.78, 5) is 29.0. The largest absolute Gasteiger partial charge is 0.476 e. The minimum absolute atomic E-state index is 0.000557. The first-order valence-corrected chi connectivity index (χ1v) is 10.4. The maximum absolute atomic E-state index is 11.9. The Balaban J connectivity index is 1.45. The van der Waals surface area contributed by atoms with Crippen LogP contribution in [0.5, 0.6) is 0 Å². The van der Waals surface area contributed by atoms with Crippen molar-refractivity contribution in [3.05, 3.63) is 71.8 Å². The number of rotatable bonds is 6. The summed E-state index contributed by atoms with van der Waals surface area (Å²) >= 11 is 0. The van der Waals surface area contributed by atoms with Gasteiger partial charge in [0.15, 0.2) is 22.7 Å². The summed E-state index contributed by atoms with van der Waals surface area (Å²) in [5, 5.41) is 17.7. The van der Waals surface area contributed by atoms with Crippen LogP contribution in [0.25, 0.3) is 27.9 Å². The molecule has 1 aliphatic rings. The summed E-state index contributed by atoms with van der Waals surface area (Å²) in [6.45, 7) is 0.379. The number of aromatic carboxylic acids is 1. The lowest BCUT2D eigenvalue weighted by atomic mass is 10.2. The van der Waals surface area contributed by atoms with Crippen molar-refractivity contribution in [2.75, 3.05) is 5.32 Å². The topological polar surface area (TPSA) is 122 Å². The highest BCUT2D eigenvalue weighted by Gasteiger charge is 2.32. The van der Waals surface area contributed by atoms with E-state index >= 15 is 0 Å². The Hall–Kier alpha value is -4.27. The highest BCUT2D eigenvalue weighted by molar-refractivity contribution is 5.92. The average molecular weight is 425 g/mol. The molecule has 3 aromatic heterocycles. The summed E-state index contributed by atoms with van der Waals surface area (Å²) in [7, 11) is 0. The Morgan fingerprint density at radius 3 is 2.59 bits per heavy atom. The van der Waals surface area contributed by atoms with Gasteiger partial charge in [-0.1, -0.05) is 30.3 Å². The van der Waals surface area contributed by atoms with Crippen LogP contribution in [0, 0.1) is 0 Å². The Kier molecular flexibility index (Phi) is 4.14. The van der Waals surface area contributed by atoms with E-state index in [0.717, 1.165) is 35.4 Å². The van der Waals surface area contributed by atoms with Crippen molar-refractivity contribution in [2.45, 2.75) is 25.3 Å². The van der Waals surface area contributed by atoms with Crippen LogP contribution in [-0.2, 0) is 6.54 Å². The van der Waals surface area contributed by atoms with Crippen LogP contribution in [0.1, 0.15) is 40.8 Å². The third kappa shape index (κ3) is 3.15. The second kappa shape index (κ2) is 7.16. The Morgan fingerprint density at radius 1 is 1.06 bits per heavy atom. The van der Waals surface area contributed by atoms with Gasteiger partial charge in [0.25, 0.3) is 0 Å².